The van der Waals surface area contributed by atoms with Crippen LogP contribution in [0.15, 0.2) is 0 Å². The van der Waals surface area contributed by atoms with Gasteiger partial charge in [0.05, 0.1) is 25.0 Å². The minimum atomic E-state index is -0.208. The van der Waals surface area contributed by atoms with Gasteiger partial charge >= 0.3 is 5.97 Å². The summed E-state index contributed by atoms with van der Waals surface area (Å²) in [6, 6.07) is 0. The zero-order valence-corrected chi connectivity index (χ0v) is 11.1. The molecule has 0 aromatic rings. The molecule has 5 nitrogen and oxygen atoms in total. The zero-order chi connectivity index (χ0) is 13.1. The number of esters is 1. The number of rotatable bonds is 3. The van der Waals surface area contributed by atoms with Crippen LogP contribution in [0.5, 0.6) is 0 Å². The molecule has 3 atom stereocenters. The molecule has 1 amide bonds. The second-order valence-corrected chi connectivity index (χ2v) is 5.01. The summed E-state index contributed by atoms with van der Waals surface area (Å²) < 4.78 is 10.3. The molecule has 0 aromatic carbocycles. The molecule has 2 heterocycles. The number of hydrogen-bond acceptors (Lipinski definition) is 4. The number of nitrogens with zero attached hydrogens (tertiary/aromatic N) is 1. The third kappa shape index (κ3) is 2.51. The Morgan fingerprint density at radius 2 is 2.17 bits per heavy atom. The molecular formula is C13H21NO4. The maximum Gasteiger partial charge on any atom is 0.310 e. The van der Waals surface area contributed by atoms with Crippen LogP contribution >= 0.6 is 0 Å². The zero-order valence-electron chi connectivity index (χ0n) is 11.1. The molecule has 2 rings (SSSR count). The Morgan fingerprint density at radius 1 is 1.39 bits per heavy atom. The summed E-state index contributed by atoms with van der Waals surface area (Å²) in [5.74, 6) is -0.237. The highest BCUT2D eigenvalue weighted by Crippen LogP contribution is 2.28. The summed E-state index contributed by atoms with van der Waals surface area (Å²) in [6.45, 7) is 3.87. The maximum atomic E-state index is 12.4. The van der Waals surface area contributed by atoms with Gasteiger partial charge in [0.25, 0.3) is 0 Å². The summed E-state index contributed by atoms with van der Waals surface area (Å²) in [5, 5.41) is 0. The first-order chi connectivity index (χ1) is 8.67. The normalized spacial score (nSPS) is 31.7. The van der Waals surface area contributed by atoms with Crippen LogP contribution in [0.3, 0.4) is 0 Å². The number of carbonyl (C=O) groups is 2. The molecule has 18 heavy (non-hydrogen) atoms. The Balaban J connectivity index is 1.93. The summed E-state index contributed by atoms with van der Waals surface area (Å²) >= 11 is 0. The van der Waals surface area contributed by atoms with Gasteiger partial charge in [0.1, 0.15) is 0 Å². The van der Waals surface area contributed by atoms with Crippen molar-refractivity contribution in [1.29, 1.82) is 0 Å². The summed E-state index contributed by atoms with van der Waals surface area (Å²) in [4.78, 5) is 25.6. The molecule has 2 aliphatic heterocycles. The van der Waals surface area contributed by atoms with E-state index in [4.69, 9.17) is 9.47 Å². The first-order valence-electron chi connectivity index (χ1n) is 6.65. The molecule has 0 spiro atoms. The molecule has 3 unspecified atom stereocenters. The highest BCUT2D eigenvalue weighted by molar-refractivity contribution is 5.81. The second kappa shape index (κ2) is 5.69. The number of ether oxygens (including phenoxy) is 2. The van der Waals surface area contributed by atoms with Crippen LogP contribution in [0.4, 0.5) is 0 Å². The Labute approximate surface area is 107 Å². The number of amides is 1. The van der Waals surface area contributed by atoms with Crippen LogP contribution in [0.25, 0.3) is 0 Å². The van der Waals surface area contributed by atoms with Crippen LogP contribution < -0.4 is 0 Å². The SMILES string of the molecule is CCC1OCCC1C(=O)N1CCC(C(=O)OC)C1. The molecular weight excluding hydrogens is 234 g/mol. The van der Waals surface area contributed by atoms with Crippen LogP contribution in [0, 0.1) is 11.8 Å². The summed E-state index contributed by atoms with van der Waals surface area (Å²) in [5.41, 5.74) is 0. The molecule has 0 bridgehead atoms. The molecule has 2 fully saturated rings. The van der Waals surface area contributed by atoms with Crippen molar-refractivity contribution in [3.63, 3.8) is 0 Å². The van der Waals surface area contributed by atoms with Gasteiger partial charge in [-0.15, -0.1) is 0 Å². The Kier molecular flexibility index (Phi) is 4.22. The van der Waals surface area contributed by atoms with Crippen LogP contribution in [0.2, 0.25) is 0 Å². The van der Waals surface area contributed by atoms with Crippen molar-refractivity contribution >= 4 is 11.9 Å². The van der Waals surface area contributed by atoms with Crippen LogP contribution in [0.1, 0.15) is 26.2 Å². The predicted octanol–water partition coefficient (Wildman–Crippen LogP) is 0.823. The largest absolute Gasteiger partial charge is 0.469 e. The molecule has 0 aromatic heterocycles. The van der Waals surface area contributed by atoms with Gasteiger partial charge in [-0.3, -0.25) is 9.59 Å². The van der Waals surface area contributed by atoms with Crippen molar-refractivity contribution in [1.82, 2.24) is 4.90 Å². The number of likely N-dealkylation sites (tertiary alicyclic amines) is 1. The topological polar surface area (TPSA) is 55.8 Å². The molecule has 0 aliphatic carbocycles. The minimum absolute atomic E-state index is 0.0219. The van der Waals surface area contributed by atoms with Gasteiger partial charge in [0.2, 0.25) is 5.91 Å². The Morgan fingerprint density at radius 3 is 2.83 bits per heavy atom. The first-order valence-corrected chi connectivity index (χ1v) is 6.65. The standard InChI is InChI=1S/C13H21NO4/c1-3-11-10(5-7-18-11)12(15)14-6-4-9(8-14)13(16)17-2/h9-11H,3-8H2,1-2H3. The van der Waals surface area contributed by atoms with Gasteiger partial charge in [0, 0.05) is 19.7 Å². The van der Waals surface area contributed by atoms with E-state index in [2.05, 4.69) is 0 Å². The minimum Gasteiger partial charge on any atom is -0.469 e. The van der Waals surface area contributed by atoms with Gasteiger partial charge < -0.3 is 14.4 Å². The van der Waals surface area contributed by atoms with Gasteiger partial charge in [-0.05, 0) is 19.3 Å². The monoisotopic (exact) mass is 255 g/mol. The lowest BCUT2D eigenvalue weighted by molar-refractivity contribution is -0.145. The van der Waals surface area contributed by atoms with E-state index < -0.39 is 0 Å². The van der Waals surface area contributed by atoms with E-state index in [1.165, 1.54) is 7.11 Å². The summed E-state index contributed by atoms with van der Waals surface area (Å²) in [7, 11) is 1.39. The van der Waals surface area contributed by atoms with Crippen molar-refractivity contribution in [2.45, 2.75) is 32.3 Å². The molecule has 0 radical (unpaired) electrons. The van der Waals surface area contributed by atoms with E-state index in [-0.39, 0.29) is 29.8 Å². The predicted molar refractivity (Wildman–Crippen MR) is 64.8 cm³/mol. The highest BCUT2D eigenvalue weighted by Gasteiger charge is 2.39. The lowest BCUT2D eigenvalue weighted by atomic mass is 9.98. The lowest BCUT2D eigenvalue weighted by Crippen LogP contribution is -2.38. The molecule has 0 saturated carbocycles. The van der Waals surface area contributed by atoms with Gasteiger partial charge in [-0.1, -0.05) is 6.92 Å². The van der Waals surface area contributed by atoms with E-state index in [9.17, 15) is 9.59 Å². The first kappa shape index (κ1) is 13.3. The average Bonchev–Trinajstić information content (AvgIpc) is 3.05. The van der Waals surface area contributed by atoms with Crippen LogP contribution in [-0.4, -0.2) is 49.7 Å². The third-order valence-electron chi connectivity index (χ3n) is 3.96. The fourth-order valence-corrected chi connectivity index (χ4v) is 2.89. The third-order valence-corrected chi connectivity index (χ3v) is 3.96. The lowest BCUT2D eigenvalue weighted by Gasteiger charge is -2.23. The molecule has 0 N–H and O–H groups in total. The smallest absolute Gasteiger partial charge is 0.310 e. The highest BCUT2D eigenvalue weighted by atomic mass is 16.5. The average molecular weight is 255 g/mol. The van der Waals surface area contributed by atoms with Gasteiger partial charge in [-0.2, -0.15) is 0 Å². The van der Waals surface area contributed by atoms with E-state index in [0.29, 0.717) is 26.1 Å². The van der Waals surface area contributed by atoms with E-state index in [1.54, 1.807) is 4.90 Å². The number of methoxy groups -OCH3 is 1. The number of carbonyl (C=O) groups excluding carboxylic acids is 2. The van der Waals surface area contributed by atoms with Crippen molar-refractivity contribution in [2.24, 2.45) is 11.8 Å². The van der Waals surface area contributed by atoms with Gasteiger partial charge in [-0.25, -0.2) is 0 Å². The van der Waals surface area contributed by atoms with Crippen LogP contribution in [-0.2, 0) is 19.1 Å². The van der Waals surface area contributed by atoms with Crippen molar-refractivity contribution in [2.75, 3.05) is 26.8 Å². The Bertz CT molecular complexity index is 331. The van der Waals surface area contributed by atoms with Gasteiger partial charge in [0.15, 0.2) is 0 Å². The molecule has 5 heteroatoms. The Hall–Kier alpha value is -1.10. The maximum absolute atomic E-state index is 12.4. The fraction of sp³-hybridized carbons (Fsp3) is 0.846. The van der Waals surface area contributed by atoms with Crippen molar-refractivity contribution < 1.29 is 19.1 Å². The van der Waals surface area contributed by atoms with E-state index in [0.717, 1.165) is 12.8 Å². The van der Waals surface area contributed by atoms with E-state index in [1.807, 2.05) is 6.92 Å². The molecule has 2 saturated heterocycles. The fourth-order valence-electron chi connectivity index (χ4n) is 2.89. The second-order valence-electron chi connectivity index (χ2n) is 5.01. The van der Waals surface area contributed by atoms with Crippen molar-refractivity contribution in [3.8, 4) is 0 Å². The molecule has 102 valence electrons. The summed E-state index contributed by atoms with van der Waals surface area (Å²) in [6.07, 6.45) is 2.43. The van der Waals surface area contributed by atoms with E-state index >= 15 is 0 Å². The molecule has 2 aliphatic rings. The quantitative estimate of drug-likeness (QED) is 0.701. The van der Waals surface area contributed by atoms with Crippen molar-refractivity contribution in [3.05, 3.63) is 0 Å². The number of hydrogen-bond donors (Lipinski definition) is 0.